The Hall–Kier alpha value is -1.85. The predicted molar refractivity (Wildman–Crippen MR) is 107 cm³/mol. The van der Waals surface area contributed by atoms with Gasteiger partial charge in [-0.05, 0) is 61.4 Å². The largest absolute Gasteiger partial charge is 0.494 e. The Balaban J connectivity index is 1.46. The summed E-state index contributed by atoms with van der Waals surface area (Å²) in [5.41, 5.74) is 1.33. The number of halogens is 1. The molecule has 4 rings (SSSR count). The fourth-order valence-electron chi connectivity index (χ4n) is 3.48. The minimum Gasteiger partial charge on any atom is -0.494 e. The topological polar surface area (TPSA) is 44.1 Å². The van der Waals surface area contributed by atoms with Crippen LogP contribution in [0.1, 0.15) is 30.2 Å². The highest BCUT2D eigenvalue weighted by Crippen LogP contribution is 2.35. The Bertz CT molecular complexity index is 978. The van der Waals surface area contributed by atoms with Crippen molar-refractivity contribution >= 4 is 33.2 Å². The molecular weight excluding hydrogens is 368 g/mol. The van der Waals surface area contributed by atoms with E-state index in [2.05, 4.69) is 11.9 Å². The fourth-order valence-corrected chi connectivity index (χ4v) is 4.95. The molecule has 1 aliphatic rings. The van der Waals surface area contributed by atoms with E-state index in [0.717, 1.165) is 41.6 Å². The first-order chi connectivity index (χ1) is 12.6. The summed E-state index contributed by atoms with van der Waals surface area (Å²) in [5, 5.41) is 1.54. The van der Waals surface area contributed by atoms with Gasteiger partial charge < -0.3 is 4.74 Å². The van der Waals surface area contributed by atoms with Gasteiger partial charge in [-0.3, -0.25) is 9.36 Å². The second-order valence-electron chi connectivity index (χ2n) is 6.93. The maximum absolute atomic E-state index is 12.9. The zero-order valence-electron chi connectivity index (χ0n) is 14.7. The SMILES string of the molecule is C[C@H]1CCc2c(sc3ncn(CCCOc4ccc(Cl)cc4)c(=O)c23)C1. The summed E-state index contributed by atoms with van der Waals surface area (Å²) in [6.07, 6.45) is 5.65. The quantitative estimate of drug-likeness (QED) is 0.595. The minimum atomic E-state index is 0.0912. The van der Waals surface area contributed by atoms with E-state index in [-0.39, 0.29) is 5.56 Å². The second-order valence-corrected chi connectivity index (χ2v) is 8.45. The van der Waals surface area contributed by atoms with Gasteiger partial charge in [0.15, 0.2) is 0 Å². The molecule has 0 amide bonds. The standard InChI is InChI=1S/C20H21ClN2O2S/c1-13-3-8-16-17(11-13)26-19-18(16)20(24)23(12-22-19)9-2-10-25-15-6-4-14(21)5-7-15/h4-7,12-13H,2-3,8-11H2,1H3/t13-/m0/s1. The van der Waals surface area contributed by atoms with Gasteiger partial charge in [0.25, 0.3) is 5.56 Å². The zero-order chi connectivity index (χ0) is 18.1. The fraction of sp³-hybridized carbons (Fsp3) is 0.400. The summed E-state index contributed by atoms with van der Waals surface area (Å²) in [6, 6.07) is 7.31. The Morgan fingerprint density at radius 3 is 2.96 bits per heavy atom. The van der Waals surface area contributed by atoms with Crippen LogP contribution in [0.4, 0.5) is 0 Å². The minimum absolute atomic E-state index is 0.0912. The molecule has 26 heavy (non-hydrogen) atoms. The molecule has 0 N–H and O–H groups in total. The number of aromatic nitrogens is 2. The third kappa shape index (κ3) is 3.51. The molecule has 0 aliphatic heterocycles. The van der Waals surface area contributed by atoms with E-state index < -0.39 is 0 Å². The average molecular weight is 389 g/mol. The Morgan fingerprint density at radius 2 is 2.15 bits per heavy atom. The van der Waals surface area contributed by atoms with Gasteiger partial charge in [0.1, 0.15) is 10.6 Å². The lowest BCUT2D eigenvalue weighted by atomic mass is 9.89. The predicted octanol–water partition coefficient (Wildman–Crippen LogP) is 4.71. The molecule has 0 saturated heterocycles. The molecule has 0 unspecified atom stereocenters. The van der Waals surface area contributed by atoms with Gasteiger partial charge in [-0.1, -0.05) is 18.5 Å². The van der Waals surface area contributed by atoms with E-state index in [1.54, 1.807) is 34.4 Å². The van der Waals surface area contributed by atoms with Crippen LogP contribution in [0.5, 0.6) is 5.75 Å². The monoisotopic (exact) mass is 388 g/mol. The summed E-state index contributed by atoms with van der Waals surface area (Å²) in [6.45, 7) is 3.43. The molecular formula is C20H21ClN2O2S. The lowest BCUT2D eigenvalue weighted by molar-refractivity contribution is 0.301. The van der Waals surface area contributed by atoms with E-state index in [1.807, 2.05) is 12.1 Å². The molecule has 0 spiro atoms. The van der Waals surface area contributed by atoms with Gasteiger partial charge in [0, 0.05) is 16.4 Å². The molecule has 0 bridgehead atoms. The second kappa shape index (κ2) is 7.41. The van der Waals surface area contributed by atoms with Crippen molar-refractivity contribution in [2.45, 2.75) is 39.2 Å². The number of fused-ring (bicyclic) bond motifs is 3. The van der Waals surface area contributed by atoms with Crippen LogP contribution in [-0.2, 0) is 19.4 Å². The van der Waals surface area contributed by atoms with E-state index in [4.69, 9.17) is 16.3 Å². The summed E-state index contributed by atoms with van der Waals surface area (Å²) in [4.78, 5) is 19.7. The van der Waals surface area contributed by atoms with Gasteiger partial charge in [-0.25, -0.2) is 4.98 Å². The van der Waals surface area contributed by atoms with Crippen molar-refractivity contribution in [3.8, 4) is 5.75 Å². The lowest BCUT2D eigenvalue weighted by Gasteiger charge is -2.17. The van der Waals surface area contributed by atoms with Crippen molar-refractivity contribution < 1.29 is 4.74 Å². The van der Waals surface area contributed by atoms with E-state index in [1.165, 1.54) is 10.4 Å². The molecule has 1 atom stereocenters. The van der Waals surface area contributed by atoms with Crippen molar-refractivity contribution in [2.75, 3.05) is 6.61 Å². The molecule has 2 aromatic heterocycles. The molecule has 0 radical (unpaired) electrons. The van der Waals surface area contributed by atoms with E-state index in [9.17, 15) is 4.79 Å². The number of aryl methyl sites for hydroxylation is 2. The molecule has 3 aromatic rings. The highest BCUT2D eigenvalue weighted by atomic mass is 35.5. The van der Waals surface area contributed by atoms with Crippen LogP contribution in [-0.4, -0.2) is 16.2 Å². The third-order valence-corrected chi connectivity index (χ3v) is 6.32. The molecule has 6 heteroatoms. The van der Waals surface area contributed by atoms with Gasteiger partial charge in [-0.15, -0.1) is 11.3 Å². The highest BCUT2D eigenvalue weighted by molar-refractivity contribution is 7.18. The zero-order valence-corrected chi connectivity index (χ0v) is 16.3. The van der Waals surface area contributed by atoms with Gasteiger partial charge >= 0.3 is 0 Å². The smallest absolute Gasteiger partial charge is 0.262 e. The van der Waals surface area contributed by atoms with Crippen LogP contribution in [0.3, 0.4) is 0 Å². The first-order valence-corrected chi connectivity index (χ1v) is 10.2. The number of thiophene rings is 1. The van der Waals surface area contributed by atoms with Crippen molar-refractivity contribution in [3.05, 3.63) is 56.4 Å². The number of benzene rings is 1. The van der Waals surface area contributed by atoms with Crippen LogP contribution in [0.25, 0.3) is 10.2 Å². The summed E-state index contributed by atoms with van der Waals surface area (Å²) in [7, 11) is 0. The molecule has 1 aromatic carbocycles. The number of rotatable bonds is 5. The summed E-state index contributed by atoms with van der Waals surface area (Å²) >= 11 is 7.56. The van der Waals surface area contributed by atoms with Crippen LogP contribution in [0.15, 0.2) is 35.4 Å². The number of hydrogen-bond donors (Lipinski definition) is 0. The van der Waals surface area contributed by atoms with Crippen molar-refractivity contribution in [2.24, 2.45) is 5.92 Å². The van der Waals surface area contributed by atoms with Crippen molar-refractivity contribution in [3.63, 3.8) is 0 Å². The third-order valence-electron chi connectivity index (χ3n) is 4.91. The first-order valence-electron chi connectivity index (χ1n) is 9.00. The number of ether oxygens (including phenoxy) is 1. The number of hydrogen-bond acceptors (Lipinski definition) is 4. The van der Waals surface area contributed by atoms with Crippen LogP contribution >= 0.6 is 22.9 Å². The van der Waals surface area contributed by atoms with Crippen LogP contribution in [0, 0.1) is 5.92 Å². The molecule has 0 fully saturated rings. The lowest BCUT2D eigenvalue weighted by Crippen LogP contribution is -2.22. The Labute approximate surface area is 161 Å². The van der Waals surface area contributed by atoms with Crippen LogP contribution < -0.4 is 10.3 Å². The van der Waals surface area contributed by atoms with Crippen molar-refractivity contribution in [1.82, 2.24) is 9.55 Å². The molecule has 136 valence electrons. The Kier molecular flexibility index (Phi) is 5.00. The maximum atomic E-state index is 12.9. The summed E-state index contributed by atoms with van der Waals surface area (Å²) in [5.74, 6) is 1.49. The van der Waals surface area contributed by atoms with Gasteiger partial charge in [0.05, 0.1) is 18.3 Å². The summed E-state index contributed by atoms with van der Waals surface area (Å²) < 4.78 is 7.43. The first kappa shape index (κ1) is 17.6. The molecule has 0 saturated carbocycles. The molecule has 4 nitrogen and oxygen atoms in total. The van der Waals surface area contributed by atoms with Gasteiger partial charge in [-0.2, -0.15) is 0 Å². The molecule has 1 aliphatic carbocycles. The van der Waals surface area contributed by atoms with E-state index >= 15 is 0 Å². The maximum Gasteiger partial charge on any atom is 0.262 e. The van der Waals surface area contributed by atoms with Crippen molar-refractivity contribution in [1.29, 1.82) is 0 Å². The van der Waals surface area contributed by atoms with Crippen LogP contribution in [0.2, 0.25) is 5.02 Å². The highest BCUT2D eigenvalue weighted by Gasteiger charge is 2.23. The average Bonchev–Trinajstić information content (AvgIpc) is 3.00. The number of nitrogens with zero attached hydrogens (tertiary/aromatic N) is 2. The van der Waals surface area contributed by atoms with Gasteiger partial charge in [0.2, 0.25) is 0 Å². The van der Waals surface area contributed by atoms with E-state index in [0.29, 0.717) is 24.1 Å². The molecule has 2 heterocycles. The Morgan fingerprint density at radius 1 is 1.35 bits per heavy atom. The normalized spacial score (nSPS) is 16.6.